The summed E-state index contributed by atoms with van der Waals surface area (Å²) < 4.78 is 10.8. The molecule has 0 bridgehead atoms. The lowest BCUT2D eigenvalue weighted by Gasteiger charge is -2.32. The number of anilines is 1. The van der Waals surface area contributed by atoms with Crippen LogP contribution in [0.1, 0.15) is 26.7 Å². The maximum Gasteiger partial charge on any atom is 0.310 e. The number of ether oxygens (including phenoxy) is 2. The standard InChI is InChI=1S/C20H24N4O3/c1-3-26-14-7-8-16-15(10-14)17-18(23-16)19(22-12-21-17)24-9-5-6-13(11-24)20(25)27-4-2/h7-8,10,12-13,23H,3-6,9,11H2,1-2H3/t13-/m1/s1. The first kappa shape index (κ1) is 17.6. The van der Waals surface area contributed by atoms with Crippen molar-refractivity contribution in [2.45, 2.75) is 26.7 Å². The van der Waals surface area contributed by atoms with Crippen molar-refractivity contribution in [1.82, 2.24) is 15.0 Å². The maximum absolute atomic E-state index is 12.2. The van der Waals surface area contributed by atoms with Gasteiger partial charge >= 0.3 is 5.97 Å². The topological polar surface area (TPSA) is 80.3 Å². The van der Waals surface area contributed by atoms with Crippen LogP contribution in [0.2, 0.25) is 0 Å². The quantitative estimate of drug-likeness (QED) is 0.696. The van der Waals surface area contributed by atoms with Gasteiger partial charge in [0.1, 0.15) is 23.1 Å². The van der Waals surface area contributed by atoms with Crippen LogP contribution in [0, 0.1) is 5.92 Å². The van der Waals surface area contributed by atoms with Crippen LogP contribution in [0.5, 0.6) is 5.75 Å². The van der Waals surface area contributed by atoms with Gasteiger partial charge in [-0.15, -0.1) is 0 Å². The predicted octanol–water partition coefficient (Wildman–Crippen LogP) is 3.29. The molecule has 3 heterocycles. The number of nitrogens with one attached hydrogen (secondary N) is 1. The predicted molar refractivity (Wildman–Crippen MR) is 104 cm³/mol. The normalized spacial score (nSPS) is 17.4. The molecule has 1 aromatic carbocycles. The van der Waals surface area contributed by atoms with Crippen LogP contribution in [0.25, 0.3) is 21.9 Å². The van der Waals surface area contributed by atoms with Crippen molar-refractivity contribution in [2.24, 2.45) is 5.92 Å². The van der Waals surface area contributed by atoms with Crippen molar-refractivity contribution in [1.29, 1.82) is 0 Å². The van der Waals surface area contributed by atoms with Gasteiger partial charge in [-0.25, -0.2) is 9.97 Å². The second-order valence-electron chi connectivity index (χ2n) is 6.72. The summed E-state index contributed by atoms with van der Waals surface area (Å²) in [6.45, 7) is 6.32. The summed E-state index contributed by atoms with van der Waals surface area (Å²) in [6, 6.07) is 5.96. The Morgan fingerprint density at radius 2 is 2.19 bits per heavy atom. The van der Waals surface area contributed by atoms with Gasteiger partial charge in [0.05, 0.1) is 19.1 Å². The molecule has 1 atom stereocenters. The fraction of sp³-hybridized carbons (Fsp3) is 0.450. The second-order valence-corrected chi connectivity index (χ2v) is 6.72. The van der Waals surface area contributed by atoms with Crippen LogP contribution in [0.3, 0.4) is 0 Å². The number of nitrogens with zero attached hydrogens (tertiary/aromatic N) is 3. The van der Waals surface area contributed by atoms with Crippen molar-refractivity contribution in [2.75, 3.05) is 31.2 Å². The van der Waals surface area contributed by atoms with Gasteiger partial charge in [0.25, 0.3) is 0 Å². The highest BCUT2D eigenvalue weighted by molar-refractivity contribution is 6.08. The Hall–Kier alpha value is -2.83. The number of benzene rings is 1. The highest BCUT2D eigenvalue weighted by Gasteiger charge is 2.29. The van der Waals surface area contributed by atoms with Gasteiger partial charge in [-0.2, -0.15) is 0 Å². The Morgan fingerprint density at radius 3 is 3.00 bits per heavy atom. The molecule has 1 aliphatic rings. The van der Waals surface area contributed by atoms with Crippen molar-refractivity contribution in [3.05, 3.63) is 24.5 Å². The summed E-state index contributed by atoms with van der Waals surface area (Å²) in [7, 11) is 0. The van der Waals surface area contributed by atoms with E-state index in [1.807, 2.05) is 32.0 Å². The average Bonchev–Trinajstić information content (AvgIpc) is 3.07. The molecule has 0 aliphatic carbocycles. The molecule has 7 nitrogen and oxygen atoms in total. The minimum Gasteiger partial charge on any atom is -0.494 e. The van der Waals surface area contributed by atoms with E-state index < -0.39 is 0 Å². The minimum atomic E-state index is -0.120. The maximum atomic E-state index is 12.2. The van der Waals surface area contributed by atoms with Gasteiger partial charge < -0.3 is 19.4 Å². The third-order valence-corrected chi connectivity index (χ3v) is 4.98. The van der Waals surface area contributed by atoms with Crippen LogP contribution in [-0.2, 0) is 9.53 Å². The third-order valence-electron chi connectivity index (χ3n) is 4.98. The van der Waals surface area contributed by atoms with E-state index in [2.05, 4.69) is 19.9 Å². The molecule has 142 valence electrons. The zero-order chi connectivity index (χ0) is 18.8. The number of hydrogen-bond acceptors (Lipinski definition) is 6. The molecule has 27 heavy (non-hydrogen) atoms. The van der Waals surface area contributed by atoms with Crippen LogP contribution < -0.4 is 9.64 Å². The number of aromatic nitrogens is 3. The highest BCUT2D eigenvalue weighted by Crippen LogP contribution is 2.33. The zero-order valence-electron chi connectivity index (χ0n) is 15.7. The van der Waals surface area contributed by atoms with E-state index in [1.54, 1.807) is 6.33 Å². The van der Waals surface area contributed by atoms with Gasteiger partial charge in [0.15, 0.2) is 5.82 Å². The molecular formula is C20H24N4O3. The Kier molecular flexibility index (Phi) is 4.83. The number of rotatable bonds is 5. The summed E-state index contributed by atoms with van der Waals surface area (Å²) in [5, 5.41) is 1.01. The molecule has 1 saturated heterocycles. The molecule has 1 N–H and O–H groups in total. The number of piperidine rings is 1. The number of fused-ring (bicyclic) bond motifs is 3. The minimum absolute atomic E-state index is 0.113. The first-order chi connectivity index (χ1) is 13.2. The fourth-order valence-electron chi connectivity index (χ4n) is 3.78. The molecule has 0 radical (unpaired) electrons. The Labute approximate surface area is 157 Å². The lowest BCUT2D eigenvalue weighted by molar-refractivity contribution is -0.148. The van der Waals surface area contributed by atoms with Gasteiger partial charge in [0.2, 0.25) is 0 Å². The SMILES string of the molecule is CCOC(=O)[C@@H]1CCCN(c2ncnc3c2[nH]c2ccc(OCC)cc23)C1. The van der Waals surface area contributed by atoms with E-state index in [1.165, 1.54) is 0 Å². The molecule has 1 aliphatic heterocycles. The van der Waals surface area contributed by atoms with Gasteiger partial charge in [-0.1, -0.05) is 0 Å². The second kappa shape index (κ2) is 7.42. The Balaban J connectivity index is 1.71. The third kappa shape index (κ3) is 3.29. The number of carbonyl (C=O) groups excluding carboxylic acids is 1. The molecule has 1 fully saturated rings. The van der Waals surface area contributed by atoms with Gasteiger partial charge in [-0.05, 0) is 44.9 Å². The van der Waals surface area contributed by atoms with Crippen LogP contribution in [0.15, 0.2) is 24.5 Å². The molecule has 0 saturated carbocycles. The molecule has 3 aromatic rings. The summed E-state index contributed by atoms with van der Waals surface area (Å²) in [6.07, 6.45) is 3.38. The van der Waals surface area contributed by atoms with Crippen molar-refractivity contribution < 1.29 is 14.3 Å². The number of carbonyl (C=O) groups is 1. The smallest absolute Gasteiger partial charge is 0.310 e. The highest BCUT2D eigenvalue weighted by atomic mass is 16.5. The monoisotopic (exact) mass is 368 g/mol. The number of esters is 1. The lowest BCUT2D eigenvalue weighted by atomic mass is 9.98. The number of aromatic amines is 1. The summed E-state index contributed by atoms with van der Waals surface area (Å²) in [5.41, 5.74) is 2.76. The van der Waals surface area contributed by atoms with Crippen LogP contribution in [0.4, 0.5) is 5.82 Å². The molecule has 0 amide bonds. The van der Waals surface area contributed by atoms with E-state index in [0.29, 0.717) is 19.8 Å². The molecule has 4 rings (SSSR count). The number of H-pyrrole nitrogens is 1. The first-order valence-corrected chi connectivity index (χ1v) is 9.52. The van der Waals surface area contributed by atoms with E-state index in [0.717, 1.165) is 52.9 Å². The van der Waals surface area contributed by atoms with E-state index >= 15 is 0 Å². The van der Waals surface area contributed by atoms with Gasteiger partial charge in [-0.3, -0.25) is 4.79 Å². The average molecular weight is 368 g/mol. The zero-order valence-corrected chi connectivity index (χ0v) is 15.7. The molecule has 0 unspecified atom stereocenters. The summed E-state index contributed by atoms with van der Waals surface area (Å²) in [5.74, 6) is 1.43. The summed E-state index contributed by atoms with van der Waals surface area (Å²) in [4.78, 5) is 26.8. The van der Waals surface area contributed by atoms with Crippen molar-refractivity contribution in [3.8, 4) is 5.75 Å². The number of hydrogen-bond donors (Lipinski definition) is 1. The lowest BCUT2D eigenvalue weighted by Crippen LogP contribution is -2.40. The Morgan fingerprint density at radius 1 is 1.30 bits per heavy atom. The van der Waals surface area contributed by atoms with E-state index in [9.17, 15) is 4.79 Å². The van der Waals surface area contributed by atoms with E-state index in [-0.39, 0.29) is 11.9 Å². The van der Waals surface area contributed by atoms with Crippen LogP contribution >= 0.6 is 0 Å². The van der Waals surface area contributed by atoms with E-state index in [4.69, 9.17) is 9.47 Å². The Bertz CT molecular complexity index is 968. The molecule has 7 heteroatoms. The van der Waals surface area contributed by atoms with Crippen molar-refractivity contribution in [3.63, 3.8) is 0 Å². The fourth-order valence-corrected chi connectivity index (χ4v) is 3.78. The summed E-state index contributed by atoms with van der Waals surface area (Å²) >= 11 is 0. The van der Waals surface area contributed by atoms with Crippen LogP contribution in [-0.4, -0.2) is 47.2 Å². The first-order valence-electron chi connectivity index (χ1n) is 9.52. The van der Waals surface area contributed by atoms with Crippen molar-refractivity contribution >= 4 is 33.7 Å². The molecule has 0 spiro atoms. The molecular weight excluding hydrogens is 344 g/mol. The largest absolute Gasteiger partial charge is 0.494 e. The van der Waals surface area contributed by atoms with Gasteiger partial charge in [0, 0.05) is 24.0 Å². The molecule has 2 aromatic heterocycles.